The van der Waals surface area contributed by atoms with Crippen molar-refractivity contribution < 1.29 is 9.18 Å². The predicted octanol–water partition coefficient (Wildman–Crippen LogP) is 4.45. The number of aryl methyl sites for hydroxylation is 1. The van der Waals surface area contributed by atoms with Gasteiger partial charge in [-0.25, -0.2) is 14.4 Å². The lowest BCUT2D eigenvalue weighted by Gasteiger charge is -2.22. The smallest absolute Gasteiger partial charge is 0.261 e. The second kappa shape index (κ2) is 8.22. The zero-order chi connectivity index (χ0) is 19.5. The Morgan fingerprint density at radius 2 is 1.86 bits per heavy atom. The number of hydrogen-bond acceptors (Lipinski definition) is 5. The van der Waals surface area contributed by atoms with Crippen LogP contribution < -0.4 is 10.2 Å². The molecule has 3 aromatic rings. The van der Waals surface area contributed by atoms with Gasteiger partial charge >= 0.3 is 0 Å². The summed E-state index contributed by atoms with van der Waals surface area (Å²) in [6.45, 7) is 4.31. The normalized spacial score (nSPS) is 14.9. The first-order valence-electron chi connectivity index (χ1n) is 9.65. The standard InChI is InChI=1S/C21H23FN4OS/c1-14-17-19(26-10-4-2-3-5-11-26)24-13-25-21(17)28-18(14)20(27)23-12-15-6-8-16(22)9-7-15/h6-9,13H,2-5,10-12H2,1H3,(H,23,27). The third-order valence-electron chi connectivity index (χ3n) is 5.18. The van der Waals surface area contributed by atoms with Gasteiger partial charge in [0, 0.05) is 19.6 Å². The van der Waals surface area contributed by atoms with Crippen molar-refractivity contribution in [2.24, 2.45) is 0 Å². The van der Waals surface area contributed by atoms with Gasteiger partial charge in [0.25, 0.3) is 5.91 Å². The van der Waals surface area contributed by atoms with Gasteiger partial charge in [-0.1, -0.05) is 25.0 Å². The maximum Gasteiger partial charge on any atom is 0.261 e. The first-order chi connectivity index (χ1) is 13.6. The van der Waals surface area contributed by atoms with Crippen LogP contribution in [0.1, 0.15) is 46.5 Å². The van der Waals surface area contributed by atoms with Crippen LogP contribution in [0.3, 0.4) is 0 Å². The summed E-state index contributed by atoms with van der Waals surface area (Å²) in [6, 6.07) is 6.15. The molecule has 1 fully saturated rings. The van der Waals surface area contributed by atoms with E-state index >= 15 is 0 Å². The summed E-state index contributed by atoms with van der Waals surface area (Å²) in [4.78, 5) is 25.6. The van der Waals surface area contributed by atoms with Gasteiger partial charge in [0.15, 0.2) is 0 Å². The number of carbonyl (C=O) groups is 1. The van der Waals surface area contributed by atoms with Crippen LogP contribution in [0.25, 0.3) is 10.2 Å². The number of rotatable bonds is 4. The number of aromatic nitrogens is 2. The lowest BCUT2D eigenvalue weighted by Crippen LogP contribution is -2.25. The van der Waals surface area contributed by atoms with Crippen molar-refractivity contribution >= 4 is 33.3 Å². The first-order valence-corrected chi connectivity index (χ1v) is 10.5. The first kappa shape index (κ1) is 18.8. The van der Waals surface area contributed by atoms with Gasteiger partial charge < -0.3 is 10.2 Å². The highest BCUT2D eigenvalue weighted by molar-refractivity contribution is 7.20. The Morgan fingerprint density at radius 3 is 2.57 bits per heavy atom. The Bertz CT molecular complexity index is 978. The molecule has 1 aliphatic heterocycles. The summed E-state index contributed by atoms with van der Waals surface area (Å²) in [5.74, 6) is 0.528. The number of nitrogens with zero attached hydrogens (tertiary/aromatic N) is 3. The SMILES string of the molecule is Cc1c(C(=O)NCc2ccc(F)cc2)sc2ncnc(N3CCCCCC3)c12. The number of carbonyl (C=O) groups excluding carboxylic acids is 1. The summed E-state index contributed by atoms with van der Waals surface area (Å²) in [6.07, 6.45) is 6.44. The van der Waals surface area contributed by atoms with E-state index in [0.29, 0.717) is 11.4 Å². The Morgan fingerprint density at radius 1 is 1.14 bits per heavy atom. The van der Waals surface area contributed by atoms with Crippen molar-refractivity contribution in [2.45, 2.75) is 39.2 Å². The fourth-order valence-electron chi connectivity index (χ4n) is 3.66. The average molecular weight is 399 g/mol. The minimum absolute atomic E-state index is 0.133. The largest absolute Gasteiger partial charge is 0.356 e. The van der Waals surface area contributed by atoms with Gasteiger partial charge in [-0.05, 0) is 43.0 Å². The molecule has 1 N–H and O–H groups in total. The number of thiophene rings is 1. The molecular weight excluding hydrogens is 375 g/mol. The van der Waals surface area contributed by atoms with E-state index in [1.54, 1.807) is 18.5 Å². The Hall–Kier alpha value is -2.54. The molecule has 146 valence electrons. The number of benzene rings is 1. The lowest BCUT2D eigenvalue weighted by molar-refractivity contribution is 0.0954. The minimum Gasteiger partial charge on any atom is -0.356 e. The fraction of sp³-hybridized carbons (Fsp3) is 0.381. The Kier molecular flexibility index (Phi) is 5.52. The summed E-state index contributed by atoms with van der Waals surface area (Å²) in [5, 5.41) is 3.92. The number of halogens is 1. The van der Waals surface area contributed by atoms with E-state index in [0.717, 1.165) is 40.3 Å². The van der Waals surface area contributed by atoms with Crippen LogP contribution in [0, 0.1) is 12.7 Å². The zero-order valence-electron chi connectivity index (χ0n) is 15.9. The third-order valence-corrected chi connectivity index (χ3v) is 6.38. The van der Waals surface area contributed by atoms with Crippen molar-refractivity contribution in [3.05, 3.63) is 52.4 Å². The quantitative estimate of drug-likeness (QED) is 0.705. The molecule has 0 aliphatic carbocycles. The minimum atomic E-state index is -0.282. The molecule has 1 aromatic carbocycles. The number of fused-ring (bicyclic) bond motifs is 1. The predicted molar refractivity (Wildman–Crippen MR) is 110 cm³/mol. The van der Waals surface area contributed by atoms with E-state index in [1.165, 1.54) is 49.2 Å². The van der Waals surface area contributed by atoms with E-state index in [-0.39, 0.29) is 11.7 Å². The van der Waals surface area contributed by atoms with Gasteiger partial charge in [-0.2, -0.15) is 0 Å². The summed E-state index contributed by atoms with van der Waals surface area (Å²) >= 11 is 1.40. The molecule has 0 radical (unpaired) electrons. The summed E-state index contributed by atoms with van der Waals surface area (Å²) in [7, 11) is 0. The summed E-state index contributed by atoms with van der Waals surface area (Å²) in [5.41, 5.74) is 1.79. The molecule has 1 saturated heterocycles. The third kappa shape index (κ3) is 3.85. The number of nitrogens with one attached hydrogen (secondary N) is 1. The molecule has 0 saturated carbocycles. The number of hydrogen-bond donors (Lipinski definition) is 1. The highest BCUT2D eigenvalue weighted by Gasteiger charge is 2.22. The van der Waals surface area contributed by atoms with E-state index in [9.17, 15) is 9.18 Å². The van der Waals surface area contributed by atoms with E-state index < -0.39 is 0 Å². The maximum atomic E-state index is 13.0. The highest BCUT2D eigenvalue weighted by atomic mass is 32.1. The van der Waals surface area contributed by atoms with Crippen molar-refractivity contribution in [2.75, 3.05) is 18.0 Å². The molecule has 0 atom stereocenters. The lowest BCUT2D eigenvalue weighted by atomic mass is 10.1. The van der Waals surface area contributed by atoms with Crippen LogP contribution in [0.4, 0.5) is 10.2 Å². The second-order valence-electron chi connectivity index (χ2n) is 7.14. The topological polar surface area (TPSA) is 58.1 Å². The van der Waals surface area contributed by atoms with Crippen LogP contribution in [-0.4, -0.2) is 29.0 Å². The van der Waals surface area contributed by atoms with Gasteiger partial charge in [-0.3, -0.25) is 4.79 Å². The number of amides is 1. The average Bonchev–Trinajstić information content (AvgIpc) is 2.88. The molecule has 7 heteroatoms. The van der Waals surface area contributed by atoms with E-state index in [4.69, 9.17) is 0 Å². The highest BCUT2D eigenvalue weighted by Crippen LogP contribution is 2.35. The molecule has 0 spiro atoms. The Balaban J connectivity index is 1.59. The van der Waals surface area contributed by atoms with Gasteiger partial charge in [0.2, 0.25) is 0 Å². The second-order valence-corrected chi connectivity index (χ2v) is 8.14. The maximum absolute atomic E-state index is 13.0. The summed E-state index contributed by atoms with van der Waals surface area (Å²) < 4.78 is 13.0. The molecule has 28 heavy (non-hydrogen) atoms. The van der Waals surface area contributed by atoms with E-state index in [2.05, 4.69) is 20.2 Å². The molecule has 1 amide bonds. The molecule has 4 rings (SSSR count). The van der Waals surface area contributed by atoms with Crippen LogP contribution in [0.5, 0.6) is 0 Å². The zero-order valence-corrected chi connectivity index (χ0v) is 16.7. The number of anilines is 1. The Labute approximate surface area is 167 Å². The monoisotopic (exact) mass is 398 g/mol. The molecule has 0 bridgehead atoms. The van der Waals surface area contributed by atoms with E-state index in [1.807, 2.05) is 6.92 Å². The molecule has 3 heterocycles. The van der Waals surface area contributed by atoms with Crippen molar-refractivity contribution in [1.29, 1.82) is 0 Å². The van der Waals surface area contributed by atoms with Gasteiger partial charge in [-0.15, -0.1) is 11.3 Å². The van der Waals surface area contributed by atoms with Crippen LogP contribution in [0.15, 0.2) is 30.6 Å². The fourth-order valence-corrected chi connectivity index (χ4v) is 4.72. The molecule has 0 unspecified atom stereocenters. The molecular formula is C21H23FN4OS. The van der Waals surface area contributed by atoms with Gasteiger partial charge in [0.1, 0.15) is 22.8 Å². The van der Waals surface area contributed by atoms with Crippen LogP contribution in [-0.2, 0) is 6.54 Å². The van der Waals surface area contributed by atoms with Crippen molar-refractivity contribution in [3.8, 4) is 0 Å². The van der Waals surface area contributed by atoms with Crippen LogP contribution >= 0.6 is 11.3 Å². The van der Waals surface area contributed by atoms with Crippen molar-refractivity contribution in [1.82, 2.24) is 15.3 Å². The molecule has 2 aromatic heterocycles. The van der Waals surface area contributed by atoms with Gasteiger partial charge in [0.05, 0.1) is 10.3 Å². The van der Waals surface area contributed by atoms with Crippen molar-refractivity contribution in [3.63, 3.8) is 0 Å². The van der Waals surface area contributed by atoms with Crippen LogP contribution in [0.2, 0.25) is 0 Å². The molecule has 1 aliphatic rings. The molecule has 5 nitrogen and oxygen atoms in total.